The van der Waals surface area contributed by atoms with Crippen LogP contribution in [0.2, 0.25) is 0 Å². The molecule has 3 heteroatoms. The number of hydrogen-bond acceptors (Lipinski definition) is 3. The summed E-state index contributed by atoms with van der Waals surface area (Å²) >= 11 is 0. The molecular formula is C21H30O3. The highest BCUT2D eigenvalue weighted by atomic mass is 16.7. The van der Waals surface area contributed by atoms with Crippen LogP contribution >= 0.6 is 0 Å². The third-order valence-corrected chi connectivity index (χ3v) is 7.57. The molecule has 3 aliphatic rings. The minimum Gasteiger partial charge on any atom is -0.385 e. The molecule has 1 aromatic carbocycles. The third kappa shape index (κ3) is 2.21. The third-order valence-electron chi connectivity index (χ3n) is 7.57. The van der Waals surface area contributed by atoms with Crippen molar-refractivity contribution in [2.24, 2.45) is 16.7 Å². The van der Waals surface area contributed by atoms with Gasteiger partial charge in [0, 0.05) is 11.8 Å². The lowest BCUT2D eigenvalue weighted by Gasteiger charge is -2.38. The average Bonchev–Trinajstić information content (AvgIpc) is 3.12. The van der Waals surface area contributed by atoms with Gasteiger partial charge in [-0.25, -0.2) is 0 Å². The van der Waals surface area contributed by atoms with Gasteiger partial charge in [0.15, 0.2) is 6.29 Å². The number of ether oxygens (including phenoxy) is 2. The van der Waals surface area contributed by atoms with E-state index >= 15 is 0 Å². The second-order valence-corrected chi connectivity index (χ2v) is 9.05. The average molecular weight is 330 g/mol. The Morgan fingerprint density at radius 3 is 2.54 bits per heavy atom. The molecule has 6 atom stereocenters. The second-order valence-electron chi connectivity index (χ2n) is 9.05. The van der Waals surface area contributed by atoms with Gasteiger partial charge in [0.05, 0.1) is 17.8 Å². The first-order chi connectivity index (χ1) is 11.3. The summed E-state index contributed by atoms with van der Waals surface area (Å²) in [6.07, 6.45) is 4.16. The molecule has 1 aromatic rings. The van der Waals surface area contributed by atoms with Crippen LogP contribution in [0.3, 0.4) is 0 Å². The molecule has 24 heavy (non-hydrogen) atoms. The molecule has 1 N–H and O–H groups in total. The Bertz CT molecular complexity index is 609. The van der Waals surface area contributed by atoms with E-state index in [4.69, 9.17) is 9.47 Å². The van der Waals surface area contributed by atoms with Crippen LogP contribution in [0.25, 0.3) is 0 Å². The first-order valence-corrected chi connectivity index (χ1v) is 9.34. The number of aliphatic hydroxyl groups is 1. The van der Waals surface area contributed by atoms with Gasteiger partial charge in [-0.2, -0.15) is 0 Å². The lowest BCUT2D eigenvalue weighted by atomic mass is 9.70. The van der Waals surface area contributed by atoms with Crippen molar-refractivity contribution in [1.82, 2.24) is 0 Å². The molecule has 2 saturated carbocycles. The summed E-state index contributed by atoms with van der Waals surface area (Å²) in [5.74, 6) is 0.604. The van der Waals surface area contributed by atoms with Gasteiger partial charge >= 0.3 is 0 Å². The van der Waals surface area contributed by atoms with Gasteiger partial charge in [0.2, 0.25) is 0 Å². The maximum atomic E-state index is 10.8. The van der Waals surface area contributed by atoms with Crippen LogP contribution < -0.4 is 0 Å². The highest BCUT2D eigenvalue weighted by Gasteiger charge is 2.70. The van der Waals surface area contributed by atoms with E-state index in [1.165, 1.54) is 12.8 Å². The van der Waals surface area contributed by atoms with Crippen LogP contribution in [0.4, 0.5) is 0 Å². The molecule has 0 amide bonds. The zero-order chi connectivity index (χ0) is 17.2. The van der Waals surface area contributed by atoms with Crippen molar-refractivity contribution in [1.29, 1.82) is 0 Å². The van der Waals surface area contributed by atoms with E-state index in [0.717, 1.165) is 12.0 Å². The molecule has 2 bridgehead atoms. The second kappa shape index (κ2) is 5.30. The van der Waals surface area contributed by atoms with Gasteiger partial charge in [-0.05, 0) is 43.1 Å². The molecular weight excluding hydrogens is 300 g/mol. The van der Waals surface area contributed by atoms with Crippen LogP contribution in [-0.2, 0) is 15.1 Å². The standard InChI is InChI=1S/C21H30O3/c1-19(2)15-10-12-20(19,3)18-17(15)23-16(24-18)11-13-21(4,22)14-8-6-5-7-9-14/h5-9,15-18,22H,10-13H2,1-4H3/t15-,16-,17-,18-,20+,21+/m1/s1. The highest BCUT2D eigenvalue weighted by Crippen LogP contribution is 2.68. The largest absolute Gasteiger partial charge is 0.385 e. The Morgan fingerprint density at radius 1 is 1.17 bits per heavy atom. The molecule has 2 aliphatic carbocycles. The van der Waals surface area contributed by atoms with Gasteiger partial charge in [-0.15, -0.1) is 0 Å². The Kier molecular flexibility index (Phi) is 3.66. The summed E-state index contributed by atoms with van der Waals surface area (Å²) in [7, 11) is 0. The summed E-state index contributed by atoms with van der Waals surface area (Å²) in [6.45, 7) is 9.02. The Morgan fingerprint density at radius 2 is 1.88 bits per heavy atom. The lowest BCUT2D eigenvalue weighted by molar-refractivity contribution is -0.123. The normalized spacial score (nSPS) is 42.0. The number of benzene rings is 1. The van der Waals surface area contributed by atoms with Gasteiger partial charge in [0.1, 0.15) is 0 Å². The van der Waals surface area contributed by atoms with E-state index in [-0.39, 0.29) is 23.9 Å². The molecule has 1 aliphatic heterocycles. The molecule has 0 spiro atoms. The maximum absolute atomic E-state index is 10.8. The van der Waals surface area contributed by atoms with E-state index in [1.54, 1.807) is 0 Å². The Labute approximate surface area is 145 Å². The molecule has 3 nitrogen and oxygen atoms in total. The first-order valence-electron chi connectivity index (χ1n) is 9.34. The molecule has 0 aromatic heterocycles. The van der Waals surface area contributed by atoms with Crippen molar-refractivity contribution in [2.45, 2.75) is 77.5 Å². The van der Waals surface area contributed by atoms with Crippen LogP contribution in [0.15, 0.2) is 30.3 Å². The summed E-state index contributed by atoms with van der Waals surface area (Å²) in [5, 5.41) is 10.8. The van der Waals surface area contributed by atoms with Crippen LogP contribution in [-0.4, -0.2) is 23.6 Å². The van der Waals surface area contributed by atoms with Crippen molar-refractivity contribution in [3.05, 3.63) is 35.9 Å². The highest BCUT2D eigenvalue weighted by molar-refractivity contribution is 5.21. The lowest BCUT2D eigenvalue weighted by Crippen LogP contribution is -2.38. The minimum atomic E-state index is -0.839. The zero-order valence-electron chi connectivity index (χ0n) is 15.3. The fourth-order valence-electron chi connectivity index (χ4n) is 5.46. The molecule has 0 unspecified atom stereocenters. The van der Waals surface area contributed by atoms with Crippen LogP contribution in [0.5, 0.6) is 0 Å². The summed E-state index contributed by atoms with van der Waals surface area (Å²) < 4.78 is 12.7. The van der Waals surface area contributed by atoms with Crippen molar-refractivity contribution in [3.8, 4) is 0 Å². The van der Waals surface area contributed by atoms with Crippen molar-refractivity contribution in [3.63, 3.8) is 0 Å². The fourth-order valence-corrected chi connectivity index (χ4v) is 5.46. The molecule has 3 fully saturated rings. The predicted molar refractivity (Wildman–Crippen MR) is 93.4 cm³/mol. The van der Waals surface area contributed by atoms with Crippen molar-refractivity contribution in [2.75, 3.05) is 0 Å². The van der Waals surface area contributed by atoms with Gasteiger partial charge in [0.25, 0.3) is 0 Å². The number of rotatable bonds is 4. The fraction of sp³-hybridized carbons (Fsp3) is 0.714. The number of fused-ring (bicyclic) bond motifs is 5. The minimum absolute atomic E-state index is 0.175. The van der Waals surface area contributed by atoms with Crippen molar-refractivity contribution >= 4 is 0 Å². The summed E-state index contributed by atoms with van der Waals surface area (Å²) in [4.78, 5) is 0. The predicted octanol–water partition coefficient (Wildman–Crippen LogP) is 4.24. The molecule has 1 heterocycles. The number of hydrogen-bond donors (Lipinski definition) is 1. The quantitative estimate of drug-likeness (QED) is 0.897. The van der Waals surface area contributed by atoms with Crippen molar-refractivity contribution < 1.29 is 14.6 Å². The van der Waals surface area contributed by atoms with E-state index < -0.39 is 5.60 Å². The smallest absolute Gasteiger partial charge is 0.158 e. The SMILES string of the molecule is CC1(C)[C@@H]2CC[C@@]1(C)[C@@H]1O[C@H](CC[C@](C)(O)c3ccccc3)O[C@H]21. The Balaban J connectivity index is 1.41. The van der Waals surface area contributed by atoms with Gasteiger partial charge in [-0.1, -0.05) is 51.1 Å². The molecule has 4 rings (SSSR count). The van der Waals surface area contributed by atoms with E-state index in [1.807, 2.05) is 37.3 Å². The van der Waals surface area contributed by atoms with Crippen LogP contribution in [0, 0.1) is 16.7 Å². The zero-order valence-corrected chi connectivity index (χ0v) is 15.3. The van der Waals surface area contributed by atoms with Crippen LogP contribution in [0.1, 0.15) is 58.9 Å². The van der Waals surface area contributed by atoms with E-state index in [9.17, 15) is 5.11 Å². The maximum Gasteiger partial charge on any atom is 0.158 e. The molecule has 0 radical (unpaired) electrons. The Hall–Kier alpha value is -0.900. The topological polar surface area (TPSA) is 38.7 Å². The molecule has 1 saturated heterocycles. The summed E-state index contributed by atoms with van der Waals surface area (Å²) in [6, 6.07) is 9.88. The monoisotopic (exact) mass is 330 g/mol. The summed E-state index contributed by atoms with van der Waals surface area (Å²) in [5.41, 5.74) is 0.631. The van der Waals surface area contributed by atoms with E-state index in [0.29, 0.717) is 17.8 Å². The molecule has 132 valence electrons. The van der Waals surface area contributed by atoms with Gasteiger partial charge < -0.3 is 14.6 Å². The first kappa shape index (κ1) is 16.6. The van der Waals surface area contributed by atoms with Gasteiger partial charge in [-0.3, -0.25) is 0 Å². The van der Waals surface area contributed by atoms with E-state index in [2.05, 4.69) is 20.8 Å².